The van der Waals surface area contributed by atoms with E-state index in [1.54, 1.807) is 6.92 Å². The van der Waals surface area contributed by atoms with E-state index in [4.69, 9.17) is 5.11 Å². The van der Waals surface area contributed by atoms with E-state index in [1.165, 1.54) is 0 Å². The summed E-state index contributed by atoms with van der Waals surface area (Å²) >= 11 is 0. The molecule has 0 aromatic carbocycles. The van der Waals surface area contributed by atoms with Crippen LogP contribution < -0.4 is 0 Å². The number of rotatable bonds is 6. The molecule has 2 N–H and O–H groups in total. The van der Waals surface area contributed by atoms with Crippen LogP contribution >= 0.6 is 0 Å². The van der Waals surface area contributed by atoms with Gasteiger partial charge >= 0.3 is 11.9 Å². The lowest BCUT2D eigenvalue weighted by Crippen LogP contribution is -2.40. The fourth-order valence-corrected chi connectivity index (χ4v) is 3.94. The second-order valence-corrected chi connectivity index (χ2v) is 6.93. The highest BCUT2D eigenvalue weighted by Gasteiger charge is 2.41. The Morgan fingerprint density at radius 2 is 1.70 bits per heavy atom. The lowest BCUT2D eigenvalue weighted by Gasteiger charge is -2.42. The van der Waals surface area contributed by atoms with Crippen LogP contribution in [-0.4, -0.2) is 22.2 Å². The van der Waals surface area contributed by atoms with Crippen LogP contribution in [0.2, 0.25) is 0 Å². The Labute approximate surface area is 121 Å². The van der Waals surface area contributed by atoms with Crippen LogP contribution in [0.15, 0.2) is 0 Å². The Bertz CT molecular complexity index is 350. The van der Waals surface area contributed by atoms with Crippen molar-refractivity contribution >= 4 is 11.9 Å². The molecule has 1 saturated carbocycles. The lowest BCUT2D eigenvalue weighted by atomic mass is 9.62. The highest BCUT2D eigenvalue weighted by atomic mass is 16.4. The van der Waals surface area contributed by atoms with Crippen molar-refractivity contribution in [2.45, 2.75) is 53.4 Å². The predicted molar refractivity (Wildman–Crippen MR) is 77.4 cm³/mol. The Kier molecular flexibility index (Phi) is 6.03. The molecule has 1 aliphatic carbocycles. The molecule has 0 bridgehead atoms. The van der Waals surface area contributed by atoms with Gasteiger partial charge in [-0.1, -0.05) is 34.1 Å². The van der Waals surface area contributed by atoms with Crippen molar-refractivity contribution < 1.29 is 19.8 Å². The molecule has 4 nitrogen and oxygen atoms in total. The normalized spacial score (nSPS) is 29.9. The molecule has 4 heteroatoms. The zero-order valence-corrected chi connectivity index (χ0v) is 13.0. The van der Waals surface area contributed by atoms with Crippen molar-refractivity contribution in [3.8, 4) is 0 Å². The maximum atomic E-state index is 11.7. The zero-order chi connectivity index (χ0) is 15.4. The molecule has 0 aromatic rings. The standard InChI is InChI=1S/C16H28O4/c1-9(2)12-6-5-10(3)7-13(12)15(16(19)20)11(4)8-14(17)18/h9-13,15H,5-8H2,1-4H3,(H,17,18)(H,19,20). The van der Waals surface area contributed by atoms with E-state index in [0.717, 1.165) is 19.3 Å². The summed E-state index contributed by atoms with van der Waals surface area (Å²) < 4.78 is 0. The van der Waals surface area contributed by atoms with Gasteiger partial charge in [0.05, 0.1) is 5.92 Å². The van der Waals surface area contributed by atoms with E-state index in [0.29, 0.717) is 17.8 Å². The highest BCUT2D eigenvalue weighted by molar-refractivity contribution is 5.73. The number of carboxylic acids is 2. The van der Waals surface area contributed by atoms with Crippen LogP contribution in [0.4, 0.5) is 0 Å². The third-order valence-corrected chi connectivity index (χ3v) is 4.93. The summed E-state index contributed by atoms with van der Waals surface area (Å²) in [5.41, 5.74) is 0. The van der Waals surface area contributed by atoms with E-state index < -0.39 is 17.9 Å². The first kappa shape index (κ1) is 17.0. The van der Waals surface area contributed by atoms with Gasteiger partial charge in [-0.25, -0.2) is 0 Å². The summed E-state index contributed by atoms with van der Waals surface area (Å²) in [4.78, 5) is 22.6. The van der Waals surface area contributed by atoms with Crippen LogP contribution in [0.3, 0.4) is 0 Å². The van der Waals surface area contributed by atoms with E-state index in [1.807, 2.05) is 0 Å². The predicted octanol–water partition coefficient (Wildman–Crippen LogP) is 3.51. The van der Waals surface area contributed by atoms with Gasteiger partial charge in [0, 0.05) is 6.42 Å². The maximum Gasteiger partial charge on any atom is 0.307 e. The molecule has 1 fully saturated rings. The van der Waals surface area contributed by atoms with Gasteiger partial charge in [-0.2, -0.15) is 0 Å². The third kappa shape index (κ3) is 4.22. The number of carbonyl (C=O) groups is 2. The average Bonchev–Trinajstić information content (AvgIpc) is 2.26. The molecule has 5 atom stereocenters. The van der Waals surface area contributed by atoms with Gasteiger partial charge in [-0.05, 0) is 42.4 Å². The topological polar surface area (TPSA) is 74.6 Å². The number of carboxylic acid groups (broad SMARTS) is 2. The Morgan fingerprint density at radius 3 is 2.15 bits per heavy atom. The largest absolute Gasteiger partial charge is 0.481 e. The Balaban J connectivity index is 2.96. The van der Waals surface area contributed by atoms with E-state index in [2.05, 4.69) is 20.8 Å². The van der Waals surface area contributed by atoms with Crippen LogP contribution in [0.1, 0.15) is 53.4 Å². The molecule has 1 rings (SSSR count). The number of aliphatic carboxylic acids is 2. The number of hydrogen-bond donors (Lipinski definition) is 2. The first-order valence-electron chi connectivity index (χ1n) is 7.68. The second kappa shape index (κ2) is 7.09. The van der Waals surface area contributed by atoms with E-state index >= 15 is 0 Å². The van der Waals surface area contributed by atoms with Crippen molar-refractivity contribution in [1.29, 1.82) is 0 Å². The first-order chi connectivity index (χ1) is 9.23. The monoisotopic (exact) mass is 284 g/mol. The van der Waals surface area contributed by atoms with Crippen LogP contribution in [0.25, 0.3) is 0 Å². The van der Waals surface area contributed by atoms with Gasteiger partial charge in [-0.3, -0.25) is 9.59 Å². The zero-order valence-electron chi connectivity index (χ0n) is 13.0. The van der Waals surface area contributed by atoms with Crippen LogP contribution in [-0.2, 0) is 9.59 Å². The Hall–Kier alpha value is -1.06. The van der Waals surface area contributed by atoms with Crippen molar-refractivity contribution in [2.75, 3.05) is 0 Å². The molecule has 0 radical (unpaired) electrons. The molecule has 5 unspecified atom stereocenters. The highest BCUT2D eigenvalue weighted by Crippen LogP contribution is 2.44. The molecule has 116 valence electrons. The van der Waals surface area contributed by atoms with Gasteiger partial charge in [-0.15, -0.1) is 0 Å². The minimum Gasteiger partial charge on any atom is -0.481 e. The van der Waals surface area contributed by atoms with E-state index in [-0.39, 0.29) is 18.3 Å². The molecule has 0 heterocycles. The Morgan fingerprint density at radius 1 is 1.10 bits per heavy atom. The average molecular weight is 284 g/mol. The molecule has 0 aromatic heterocycles. The van der Waals surface area contributed by atoms with Gasteiger partial charge < -0.3 is 10.2 Å². The third-order valence-electron chi connectivity index (χ3n) is 4.93. The maximum absolute atomic E-state index is 11.7. The van der Waals surface area contributed by atoms with Crippen molar-refractivity contribution in [3.63, 3.8) is 0 Å². The lowest BCUT2D eigenvalue weighted by molar-refractivity contribution is -0.150. The SMILES string of the molecule is CC1CCC(C(C)C)C(C(C(=O)O)C(C)CC(=O)O)C1. The molecule has 0 spiro atoms. The van der Waals surface area contributed by atoms with Crippen LogP contribution in [0.5, 0.6) is 0 Å². The fraction of sp³-hybridized carbons (Fsp3) is 0.875. The van der Waals surface area contributed by atoms with Crippen LogP contribution in [0, 0.1) is 35.5 Å². The van der Waals surface area contributed by atoms with Crippen molar-refractivity contribution in [1.82, 2.24) is 0 Å². The summed E-state index contributed by atoms with van der Waals surface area (Å²) in [6, 6.07) is 0. The van der Waals surface area contributed by atoms with Gasteiger partial charge in [0.1, 0.15) is 0 Å². The summed E-state index contributed by atoms with van der Waals surface area (Å²) in [5.74, 6) is -1.12. The fourth-order valence-electron chi connectivity index (χ4n) is 3.94. The second-order valence-electron chi connectivity index (χ2n) is 6.93. The molecule has 20 heavy (non-hydrogen) atoms. The summed E-state index contributed by atoms with van der Waals surface area (Å²) in [6.07, 6.45) is 3.06. The van der Waals surface area contributed by atoms with Gasteiger partial charge in [0.25, 0.3) is 0 Å². The van der Waals surface area contributed by atoms with Gasteiger partial charge in [0.2, 0.25) is 0 Å². The minimum absolute atomic E-state index is 0.0628. The molecule has 1 aliphatic rings. The summed E-state index contributed by atoms with van der Waals surface area (Å²) in [5, 5.41) is 18.5. The van der Waals surface area contributed by atoms with Gasteiger partial charge in [0.15, 0.2) is 0 Å². The minimum atomic E-state index is -0.909. The smallest absolute Gasteiger partial charge is 0.307 e. The molecular formula is C16H28O4. The molecule has 0 aliphatic heterocycles. The van der Waals surface area contributed by atoms with Crippen molar-refractivity contribution in [2.24, 2.45) is 35.5 Å². The van der Waals surface area contributed by atoms with Crippen molar-refractivity contribution in [3.05, 3.63) is 0 Å². The first-order valence-corrected chi connectivity index (χ1v) is 7.68. The summed E-state index contributed by atoms with van der Waals surface area (Å²) in [6.45, 7) is 8.23. The van der Waals surface area contributed by atoms with E-state index in [9.17, 15) is 14.7 Å². The molecule has 0 saturated heterocycles. The summed E-state index contributed by atoms with van der Waals surface area (Å²) in [7, 11) is 0. The molecular weight excluding hydrogens is 256 g/mol. The quantitative estimate of drug-likeness (QED) is 0.782. The molecule has 0 amide bonds. The number of hydrogen-bond acceptors (Lipinski definition) is 2.